The van der Waals surface area contributed by atoms with Gasteiger partial charge in [-0.25, -0.2) is 4.98 Å². The first-order valence-corrected chi connectivity index (χ1v) is 6.81. The number of alkyl halides is 3. The third-order valence-corrected chi connectivity index (χ3v) is 3.43. The number of aromatic amines is 1. The lowest BCUT2D eigenvalue weighted by atomic mass is 10.3. The first-order valence-electron chi connectivity index (χ1n) is 5.22. The van der Waals surface area contributed by atoms with E-state index in [0.717, 1.165) is 12.4 Å². The maximum absolute atomic E-state index is 12.1. The second-order valence-corrected chi connectivity index (χ2v) is 5.24. The summed E-state index contributed by atoms with van der Waals surface area (Å²) in [6.07, 6.45) is -3.65. The van der Waals surface area contributed by atoms with Crippen molar-refractivity contribution in [1.29, 1.82) is 0 Å². The van der Waals surface area contributed by atoms with Crippen LogP contribution >= 0.6 is 31.9 Å². The number of aromatic nitrogens is 2. The number of rotatable bonds is 3. The van der Waals surface area contributed by atoms with Crippen LogP contribution in [0.4, 0.5) is 13.2 Å². The lowest BCUT2D eigenvalue weighted by Crippen LogP contribution is -2.17. The predicted molar refractivity (Wildman–Crippen MR) is 73.5 cm³/mol. The summed E-state index contributed by atoms with van der Waals surface area (Å²) in [6, 6.07) is 3.59. The molecular formula is C11H5Br2F3N2O3. The monoisotopic (exact) mass is 428 g/mol. The molecular weight excluding hydrogens is 425 g/mol. The summed E-state index contributed by atoms with van der Waals surface area (Å²) in [6.45, 7) is 0. The van der Waals surface area contributed by atoms with E-state index in [0.29, 0.717) is 0 Å². The van der Waals surface area contributed by atoms with E-state index in [-0.39, 0.29) is 20.6 Å². The summed E-state index contributed by atoms with van der Waals surface area (Å²) in [5.41, 5.74) is -0.448. The van der Waals surface area contributed by atoms with E-state index in [2.05, 4.69) is 46.6 Å². The van der Waals surface area contributed by atoms with Crippen LogP contribution in [0.25, 0.3) is 0 Å². The zero-order chi connectivity index (χ0) is 15.6. The van der Waals surface area contributed by atoms with E-state index >= 15 is 0 Å². The summed E-state index contributed by atoms with van der Waals surface area (Å²) in [4.78, 5) is 17.4. The Hall–Kier alpha value is -1.55. The van der Waals surface area contributed by atoms with Gasteiger partial charge in [0.15, 0.2) is 0 Å². The van der Waals surface area contributed by atoms with Crippen LogP contribution in [-0.4, -0.2) is 16.3 Å². The number of hydrogen-bond donors (Lipinski definition) is 1. The van der Waals surface area contributed by atoms with E-state index in [4.69, 9.17) is 4.74 Å². The zero-order valence-corrected chi connectivity index (χ0v) is 13.0. The van der Waals surface area contributed by atoms with Crippen LogP contribution in [0.5, 0.6) is 17.4 Å². The van der Waals surface area contributed by atoms with Crippen LogP contribution in [0.3, 0.4) is 0 Å². The third kappa shape index (κ3) is 4.21. The molecule has 2 aromatic rings. The van der Waals surface area contributed by atoms with Gasteiger partial charge >= 0.3 is 6.36 Å². The van der Waals surface area contributed by atoms with E-state index in [1.807, 2.05) is 0 Å². The van der Waals surface area contributed by atoms with Crippen molar-refractivity contribution in [2.45, 2.75) is 6.36 Å². The van der Waals surface area contributed by atoms with Gasteiger partial charge in [-0.3, -0.25) is 4.79 Å². The van der Waals surface area contributed by atoms with Gasteiger partial charge in [-0.05, 0) is 50.1 Å². The van der Waals surface area contributed by atoms with E-state index in [1.54, 1.807) is 0 Å². The summed E-state index contributed by atoms with van der Waals surface area (Å²) in [5, 5.41) is 0. The fourth-order valence-electron chi connectivity index (χ4n) is 1.30. The van der Waals surface area contributed by atoms with Crippen molar-refractivity contribution in [1.82, 2.24) is 9.97 Å². The van der Waals surface area contributed by atoms with Crippen molar-refractivity contribution in [3.8, 4) is 17.4 Å². The highest BCUT2D eigenvalue weighted by molar-refractivity contribution is 9.10. The Bertz CT molecular complexity index is 719. The summed E-state index contributed by atoms with van der Waals surface area (Å²) < 4.78 is 45.6. The molecule has 1 aromatic carbocycles. The molecule has 1 N–H and O–H groups in total. The Kier molecular flexibility index (Phi) is 4.57. The number of nitrogens with zero attached hydrogens (tertiary/aromatic N) is 1. The molecule has 0 amide bonds. The van der Waals surface area contributed by atoms with Crippen LogP contribution in [0.15, 0.2) is 38.3 Å². The Morgan fingerprint density at radius 2 is 1.95 bits per heavy atom. The molecule has 10 heteroatoms. The predicted octanol–water partition coefficient (Wildman–Crippen LogP) is 3.99. The van der Waals surface area contributed by atoms with Crippen molar-refractivity contribution < 1.29 is 22.6 Å². The number of benzene rings is 1. The minimum Gasteiger partial charge on any atom is -0.438 e. The van der Waals surface area contributed by atoms with E-state index < -0.39 is 17.7 Å². The lowest BCUT2D eigenvalue weighted by molar-refractivity contribution is -0.274. The van der Waals surface area contributed by atoms with Crippen LogP contribution < -0.4 is 15.0 Å². The first-order chi connectivity index (χ1) is 9.76. The van der Waals surface area contributed by atoms with Crippen LogP contribution in [-0.2, 0) is 0 Å². The summed E-state index contributed by atoms with van der Waals surface area (Å²) >= 11 is 5.94. The molecule has 2 rings (SSSR count). The van der Waals surface area contributed by atoms with Gasteiger partial charge < -0.3 is 14.5 Å². The fourth-order valence-corrected chi connectivity index (χ4v) is 2.04. The minimum absolute atomic E-state index is 0.0184. The number of nitrogens with one attached hydrogen (secondary N) is 1. The molecule has 0 saturated heterocycles. The maximum Gasteiger partial charge on any atom is 0.573 e. The molecule has 0 aliphatic heterocycles. The smallest absolute Gasteiger partial charge is 0.438 e. The van der Waals surface area contributed by atoms with Crippen molar-refractivity contribution in [2.24, 2.45) is 0 Å². The van der Waals surface area contributed by atoms with Crippen molar-refractivity contribution in [3.05, 3.63) is 43.8 Å². The van der Waals surface area contributed by atoms with Gasteiger partial charge in [0, 0.05) is 0 Å². The molecule has 0 bridgehead atoms. The standard InChI is InChI=1S/C11H5Br2F3N2O3/c12-6-3-5(1-2-7(6)21-11(14,15)16)20-10-8(13)9(19)17-4-18-10/h1-4H,(H,17,18,19). The average molecular weight is 430 g/mol. The lowest BCUT2D eigenvalue weighted by Gasteiger charge is -2.12. The van der Waals surface area contributed by atoms with Gasteiger partial charge in [0.05, 0.1) is 10.8 Å². The fraction of sp³-hybridized carbons (Fsp3) is 0.0909. The minimum atomic E-state index is -4.79. The van der Waals surface area contributed by atoms with Crippen molar-refractivity contribution >= 4 is 31.9 Å². The summed E-state index contributed by atoms with van der Waals surface area (Å²) in [5.74, 6) is -0.252. The molecule has 0 unspecified atom stereocenters. The molecule has 0 aliphatic rings. The van der Waals surface area contributed by atoms with Gasteiger partial charge in [0.1, 0.15) is 16.0 Å². The molecule has 5 nitrogen and oxygen atoms in total. The Balaban J connectivity index is 2.25. The molecule has 112 valence electrons. The average Bonchev–Trinajstić information content (AvgIpc) is 2.37. The molecule has 1 aromatic heterocycles. The topological polar surface area (TPSA) is 64.2 Å². The largest absolute Gasteiger partial charge is 0.573 e. The van der Waals surface area contributed by atoms with Crippen LogP contribution in [0, 0.1) is 0 Å². The maximum atomic E-state index is 12.1. The Morgan fingerprint density at radius 3 is 2.57 bits per heavy atom. The molecule has 21 heavy (non-hydrogen) atoms. The van der Waals surface area contributed by atoms with Gasteiger partial charge in [-0.1, -0.05) is 0 Å². The summed E-state index contributed by atoms with van der Waals surface area (Å²) in [7, 11) is 0. The highest BCUT2D eigenvalue weighted by atomic mass is 79.9. The second kappa shape index (κ2) is 6.06. The molecule has 0 aliphatic carbocycles. The van der Waals surface area contributed by atoms with Crippen LogP contribution in [0.2, 0.25) is 0 Å². The normalized spacial score (nSPS) is 11.3. The van der Waals surface area contributed by atoms with Crippen molar-refractivity contribution in [2.75, 3.05) is 0 Å². The highest BCUT2D eigenvalue weighted by Crippen LogP contribution is 2.34. The zero-order valence-electron chi connectivity index (χ0n) is 9.87. The molecule has 1 heterocycles. The first kappa shape index (κ1) is 15.8. The van der Waals surface area contributed by atoms with E-state index in [9.17, 15) is 18.0 Å². The van der Waals surface area contributed by atoms with Gasteiger partial charge in [0.2, 0.25) is 5.88 Å². The van der Waals surface area contributed by atoms with Gasteiger partial charge in [0.25, 0.3) is 5.56 Å². The van der Waals surface area contributed by atoms with Crippen LogP contribution in [0.1, 0.15) is 0 Å². The number of halogens is 5. The quantitative estimate of drug-likeness (QED) is 0.801. The Labute approximate surface area is 132 Å². The highest BCUT2D eigenvalue weighted by Gasteiger charge is 2.32. The second-order valence-electron chi connectivity index (χ2n) is 3.59. The van der Waals surface area contributed by atoms with Crippen molar-refractivity contribution in [3.63, 3.8) is 0 Å². The molecule has 0 atom stereocenters. The molecule has 0 fully saturated rings. The SMILES string of the molecule is O=c1[nH]cnc(Oc2ccc(OC(F)(F)F)c(Br)c2)c1Br. The molecule has 0 radical (unpaired) electrons. The third-order valence-electron chi connectivity index (χ3n) is 2.11. The number of H-pyrrole nitrogens is 1. The Morgan fingerprint density at radius 1 is 1.24 bits per heavy atom. The van der Waals surface area contributed by atoms with E-state index in [1.165, 1.54) is 12.1 Å². The molecule has 0 spiro atoms. The number of ether oxygens (including phenoxy) is 2. The molecule has 0 saturated carbocycles. The van der Waals surface area contributed by atoms with Gasteiger partial charge in [-0.15, -0.1) is 13.2 Å². The van der Waals surface area contributed by atoms with Gasteiger partial charge in [-0.2, -0.15) is 0 Å². The number of hydrogen-bond acceptors (Lipinski definition) is 4.